The van der Waals surface area contributed by atoms with Crippen LogP contribution < -0.4 is 0 Å². The van der Waals surface area contributed by atoms with Gasteiger partial charge in [0.15, 0.2) is 5.82 Å². The van der Waals surface area contributed by atoms with Crippen LogP contribution in [0.3, 0.4) is 0 Å². The lowest BCUT2D eigenvalue weighted by atomic mass is 10.1. The highest BCUT2D eigenvalue weighted by Crippen LogP contribution is 2.19. The van der Waals surface area contributed by atoms with E-state index in [1.807, 2.05) is 0 Å². The number of benzene rings is 1. The third-order valence-corrected chi connectivity index (χ3v) is 3.31. The summed E-state index contributed by atoms with van der Waals surface area (Å²) in [5, 5.41) is 18.5. The molecule has 9 heteroatoms. The van der Waals surface area contributed by atoms with Crippen LogP contribution in [0.25, 0.3) is 0 Å². The van der Waals surface area contributed by atoms with Gasteiger partial charge in [0.25, 0.3) is 5.89 Å². The van der Waals surface area contributed by atoms with Gasteiger partial charge in [0.1, 0.15) is 24.3 Å². The second-order valence-corrected chi connectivity index (χ2v) is 4.96. The number of hydrogen-bond acceptors (Lipinski definition) is 6. The molecule has 0 saturated carbocycles. The van der Waals surface area contributed by atoms with Gasteiger partial charge in [-0.25, -0.2) is 4.39 Å². The van der Waals surface area contributed by atoms with Crippen molar-refractivity contribution in [3.8, 4) is 0 Å². The Bertz CT molecular complexity index is 827. The quantitative estimate of drug-likeness (QED) is 0.529. The Labute approximate surface area is 129 Å². The minimum Gasteiger partial charge on any atom is -0.337 e. The van der Waals surface area contributed by atoms with E-state index in [-0.39, 0.29) is 11.5 Å². The van der Waals surface area contributed by atoms with Crippen molar-refractivity contribution in [3.63, 3.8) is 0 Å². The number of hydrogen-bond donors (Lipinski definition) is 0. The summed E-state index contributed by atoms with van der Waals surface area (Å²) in [6.07, 6.45) is 2.86. The van der Waals surface area contributed by atoms with Gasteiger partial charge in [-0.3, -0.25) is 14.8 Å². The van der Waals surface area contributed by atoms with Crippen molar-refractivity contribution in [2.75, 3.05) is 0 Å². The molecule has 0 amide bonds. The zero-order valence-electron chi connectivity index (χ0n) is 12.1. The predicted octanol–water partition coefficient (Wildman–Crippen LogP) is 2.51. The summed E-state index contributed by atoms with van der Waals surface area (Å²) in [6, 6.07) is 5.58. The normalized spacial score (nSPS) is 12.3. The highest BCUT2D eigenvalue weighted by molar-refractivity contribution is 5.22. The summed E-state index contributed by atoms with van der Waals surface area (Å²) in [6.45, 7) is 1.74. The van der Waals surface area contributed by atoms with Gasteiger partial charge in [0.05, 0.1) is 4.92 Å². The van der Waals surface area contributed by atoms with Gasteiger partial charge in [-0.05, 0) is 24.6 Å². The van der Waals surface area contributed by atoms with Gasteiger partial charge in [0, 0.05) is 6.42 Å². The molecule has 0 spiro atoms. The molecule has 3 aromatic rings. The molecular weight excluding hydrogens is 305 g/mol. The molecule has 0 fully saturated rings. The molecule has 3 rings (SSSR count). The molecule has 0 radical (unpaired) electrons. The third kappa shape index (κ3) is 3.23. The summed E-state index contributed by atoms with van der Waals surface area (Å²) in [7, 11) is 0. The first kappa shape index (κ1) is 14.8. The van der Waals surface area contributed by atoms with Crippen LogP contribution >= 0.6 is 0 Å². The van der Waals surface area contributed by atoms with Crippen LogP contribution in [0.2, 0.25) is 0 Å². The third-order valence-electron chi connectivity index (χ3n) is 3.31. The molecule has 0 aliphatic heterocycles. The van der Waals surface area contributed by atoms with E-state index in [2.05, 4.69) is 15.2 Å². The van der Waals surface area contributed by atoms with Gasteiger partial charge in [-0.1, -0.05) is 17.3 Å². The number of nitrogens with zero attached hydrogens (tertiary/aromatic N) is 5. The first-order valence-corrected chi connectivity index (χ1v) is 6.78. The van der Waals surface area contributed by atoms with Crippen LogP contribution in [0.4, 0.5) is 10.1 Å². The van der Waals surface area contributed by atoms with Crippen LogP contribution in [0.15, 0.2) is 41.2 Å². The lowest BCUT2D eigenvalue weighted by molar-refractivity contribution is -0.385. The lowest BCUT2D eigenvalue weighted by Crippen LogP contribution is -2.07. The fraction of sp³-hybridized carbons (Fsp3) is 0.214. The molecule has 0 aliphatic rings. The van der Waals surface area contributed by atoms with Crippen molar-refractivity contribution < 1.29 is 13.8 Å². The Morgan fingerprint density at radius 2 is 2.13 bits per heavy atom. The zero-order valence-corrected chi connectivity index (χ0v) is 12.1. The fourth-order valence-electron chi connectivity index (χ4n) is 2.04. The van der Waals surface area contributed by atoms with Gasteiger partial charge in [-0.15, -0.1) is 0 Å². The second-order valence-electron chi connectivity index (χ2n) is 4.96. The number of halogens is 1. The van der Waals surface area contributed by atoms with E-state index >= 15 is 0 Å². The monoisotopic (exact) mass is 317 g/mol. The summed E-state index contributed by atoms with van der Waals surface area (Å²) >= 11 is 0. The molecule has 0 saturated heterocycles. The van der Waals surface area contributed by atoms with Gasteiger partial charge < -0.3 is 4.52 Å². The van der Waals surface area contributed by atoms with Crippen LogP contribution in [-0.2, 0) is 6.42 Å². The van der Waals surface area contributed by atoms with E-state index in [9.17, 15) is 14.5 Å². The number of rotatable bonds is 5. The molecule has 0 aliphatic carbocycles. The van der Waals surface area contributed by atoms with E-state index in [0.717, 1.165) is 11.8 Å². The SMILES string of the molecule is CC(c1nc(Cc2ccc(F)cc2)no1)n1cc([N+](=O)[O-])cn1. The fourth-order valence-corrected chi connectivity index (χ4v) is 2.04. The van der Waals surface area contributed by atoms with E-state index < -0.39 is 11.0 Å². The minimum absolute atomic E-state index is 0.108. The Hall–Kier alpha value is -3.10. The average molecular weight is 317 g/mol. The van der Waals surface area contributed by atoms with Crippen molar-refractivity contribution >= 4 is 5.69 Å². The molecule has 8 nitrogen and oxygen atoms in total. The summed E-state index contributed by atoms with van der Waals surface area (Å²) in [4.78, 5) is 14.4. The van der Waals surface area contributed by atoms with Crippen LogP contribution in [0.1, 0.15) is 30.2 Å². The molecule has 1 unspecified atom stereocenters. The largest absolute Gasteiger partial charge is 0.337 e. The molecule has 1 atom stereocenters. The lowest BCUT2D eigenvalue weighted by Gasteiger charge is -2.05. The minimum atomic E-state index is -0.524. The molecule has 0 N–H and O–H groups in total. The van der Waals surface area contributed by atoms with E-state index in [0.29, 0.717) is 18.1 Å². The molecule has 1 aromatic carbocycles. The molecular formula is C14H12FN5O3. The van der Waals surface area contributed by atoms with E-state index in [1.54, 1.807) is 19.1 Å². The van der Waals surface area contributed by atoms with Crippen molar-refractivity contribution in [1.29, 1.82) is 0 Å². The van der Waals surface area contributed by atoms with Crippen molar-refractivity contribution in [2.24, 2.45) is 0 Å². The first-order chi connectivity index (χ1) is 11.0. The Balaban J connectivity index is 1.75. The zero-order chi connectivity index (χ0) is 16.4. The number of nitro groups is 1. The summed E-state index contributed by atoms with van der Waals surface area (Å²) in [5.74, 6) is 0.427. The summed E-state index contributed by atoms with van der Waals surface area (Å²) < 4.78 is 19.4. The number of aromatic nitrogens is 4. The molecule has 118 valence electrons. The second kappa shape index (κ2) is 5.95. The van der Waals surface area contributed by atoms with Crippen LogP contribution in [0.5, 0.6) is 0 Å². The Morgan fingerprint density at radius 3 is 2.78 bits per heavy atom. The average Bonchev–Trinajstić information content (AvgIpc) is 3.18. The smallest absolute Gasteiger partial charge is 0.307 e. The van der Waals surface area contributed by atoms with Crippen molar-refractivity contribution in [3.05, 3.63) is 69.9 Å². The highest BCUT2D eigenvalue weighted by atomic mass is 19.1. The van der Waals surface area contributed by atoms with Gasteiger partial charge in [-0.2, -0.15) is 10.1 Å². The topological polar surface area (TPSA) is 99.9 Å². The van der Waals surface area contributed by atoms with Gasteiger partial charge >= 0.3 is 5.69 Å². The maximum Gasteiger partial charge on any atom is 0.307 e. The molecule has 2 aromatic heterocycles. The predicted molar refractivity (Wildman–Crippen MR) is 76.2 cm³/mol. The molecule has 23 heavy (non-hydrogen) atoms. The van der Waals surface area contributed by atoms with E-state index in [1.165, 1.54) is 23.0 Å². The maximum absolute atomic E-state index is 12.9. The van der Waals surface area contributed by atoms with Crippen LogP contribution in [-0.4, -0.2) is 24.8 Å². The van der Waals surface area contributed by atoms with E-state index in [4.69, 9.17) is 4.52 Å². The van der Waals surface area contributed by atoms with Crippen molar-refractivity contribution in [2.45, 2.75) is 19.4 Å². The maximum atomic E-state index is 12.9. The molecule has 2 heterocycles. The van der Waals surface area contributed by atoms with Crippen LogP contribution in [0, 0.1) is 15.9 Å². The Morgan fingerprint density at radius 1 is 1.39 bits per heavy atom. The van der Waals surface area contributed by atoms with Gasteiger partial charge in [0.2, 0.25) is 0 Å². The first-order valence-electron chi connectivity index (χ1n) is 6.78. The summed E-state index contributed by atoms with van der Waals surface area (Å²) in [5.41, 5.74) is 0.740. The van der Waals surface area contributed by atoms with Crippen molar-refractivity contribution in [1.82, 2.24) is 19.9 Å². The standard InChI is InChI=1S/C14H12FN5O3/c1-9(19-8-12(7-16-19)20(21)22)14-17-13(18-23-14)6-10-2-4-11(15)5-3-10/h2-5,7-9H,6H2,1H3. The highest BCUT2D eigenvalue weighted by Gasteiger charge is 2.19. The molecule has 0 bridgehead atoms. The Kier molecular flexibility index (Phi) is 3.83.